The number of benzene rings is 3. The van der Waals surface area contributed by atoms with Crippen molar-refractivity contribution in [1.29, 1.82) is 0 Å². The number of nitrogens with zero attached hydrogens (tertiary/aromatic N) is 2. The summed E-state index contributed by atoms with van der Waals surface area (Å²) >= 11 is 0. The molecule has 1 heterocycles. The lowest BCUT2D eigenvalue weighted by Gasteiger charge is -2.17. The van der Waals surface area contributed by atoms with Crippen LogP contribution in [0.3, 0.4) is 0 Å². The SMILES string of the molecule is CC(=O)c1ccc(NC(c2ccc(F)cc2)c2nnc(-c3ccccc3)o2)cc1. The van der Waals surface area contributed by atoms with E-state index in [4.69, 9.17) is 4.42 Å². The van der Waals surface area contributed by atoms with Crippen LogP contribution in [-0.2, 0) is 0 Å². The molecule has 0 saturated heterocycles. The lowest BCUT2D eigenvalue weighted by molar-refractivity contribution is 0.101. The summed E-state index contributed by atoms with van der Waals surface area (Å²) in [5.74, 6) is 0.428. The molecule has 1 unspecified atom stereocenters. The predicted molar refractivity (Wildman–Crippen MR) is 108 cm³/mol. The molecule has 4 rings (SSSR count). The lowest BCUT2D eigenvalue weighted by atomic mass is 10.1. The minimum absolute atomic E-state index is 0.00367. The van der Waals surface area contributed by atoms with Crippen molar-refractivity contribution in [2.75, 3.05) is 5.32 Å². The molecule has 29 heavy (non-hydrogen) atoms. The first-order chi connectivity index (χ1) is 14.1. The molecule has 1 N–H and O–H groups in total. The van der Waals surface area contributed by atoms with Crippen LogP contribution >= 0.6 is 0 Å². The van der Waals surface area contributed by atoms with E-state index in [1.165, 1.54) is 19.1 Å². The van der Waals surface area contributed by atoms with Gasteiger partial charge in [-0.2, -0.15) is 0 Å². The van der Waals surface area contributed by atoms with E-state index in [1.807, 2.05) is 42.5 Å². The van der Waals surface area contributed by atoms with Crippen LogP contribution < -0.4 is 5.32 Å². The second kappa shape index (κ2) is 8.06. The van der Waals surface area contributed by atoms with Gasteiger partial charge in [-0.3, -0.25) is 4.79 Å². The molecule has 0 aliphatic rings. The van der Waals surface area contributed by atoms with Gasteiger partial charge in [-0.15, -0.1) is 10.2 Å². The molecular formula is C23H18FN3O2. The minimum atomic E-state index is -0.483. The molecular weight excluding hydrogens is 369 g/mol. The van der Waals surface area contributed by atoms with Crippen LogP contribution in [0.4, 0.5) is 10.1 Å². The fourth-order valence-electron chi connectivity index (χ4n) is 2.96. The maximum absolute atomic E-state index is 13.4. The Bertz CT molecular complexity index is 1110. The highest BCUT2D eigenvalue weighted by atomic mass is 19.1. The summed E-state index contributed by atoms with van der Waals surface area (Å²) in [5, 5.41) is 11.7. The highest BCUT2D eigenvalue weighted by Crippen LogP contribution is 2.28. The van der Waals surface area contributed by atoms with Gasteiger partial charge < -0.3 is 9.73 Å². The van der Waals surface area contributed by atoms with Crippen LogP contribution in [0.2, 0.25) is 0 Å². The summed E-state index contributed by atoms with van der Waals surface area (Å²) in [7, 11) is 0. The van der Waals surface area contributed by atoms with Crippen LogP contribution in [0.1, 0.15) is 34.8 Å². The van der Waals surface area contributed by atoms with Crippen LogP contribution in [0.5, 0.6) is 0 Å². The van der Waals surface area contributed by atoms with Crippen molar-refractivity contribution in [3.05, 3.63) is 102 Å². The number of hydrogen-bond acceptors (Lipinski definition) is 5. The third-order valence-corrected chi connectivity index (χ3v) is 4.51. The van der Waals surface area contributed by atoms with Crippen LogP contribution in [0.15, 0.2) is 83.3 Å². The first-order valence-electron chi connectivity index (χ1n) is 9.12. The predicted octanol–water partition coefficient (Wildman–Crippen LogP) is 5.28. The Balaban J connectivity index is 1.68. The number of carbonyl (C=O) groups is 1. The molecule has 0 amide bonds. The molecule has 0 aliphatic heterocycles. The normalized spacial score (nSPS) is 11.8. The summed E-state index contributed by atoms with van der Waals surface area (Å²) in [5.41, 5.74) is 2.97. The molecule has 0 spiro atoms. The number of ketones is 1. The van der Waals surface area contributed by atoms with E-state index in [-0.39, 0.29) is 11.6 Å². The van der Waals surface area contributed by atoms with Crippen molar-refractivity contribution >= 4 is 11.5 Å². The zero-order valence-electron chi connectivity index (χ0n) is 15.7. The highest BCUT2D eigenvalue weighted by molar-refractivity contribution is 5.94. The first-order valence-corrected chi connectivity index (χ1v) is 9.12. The number of aromatic nitrogens is 2. The van der Waals surface area contributed by atoms with Crippen molar-refractivity contribution in [2.45, 2.75) is 13.0 Å². The second-order valence-electron chi connectivity index (χ2n) is 6.57. The van der Waals surface area contributed by atoms with Gasteiger partial charge in [0, 0.05) is 16.8 Å². The van der Waals surface area contributed by atoms with Crippen LogP contribution in [-0.4, -0.2) is 16.0 Å². The van der Waals surface area contributed by atoms with Gasteiger partial charge in [-0.25, -0.2) is 4.39 Å². The van der Waals surface area contributed by atoms with E-state index >= 15 is 0 Å². The molecule has 5 nitrogen and oxygen atoms in total. The summed E-state index contributed by atoms with van der Waals surface area (Å²) in [6.45, 7) is 1.52. The van der Waals surface area contributed by atoms with Gasteiger partial charge in [0.1, 0.15) is 11.9 Å². The van der Waals surface area contributed by atoms with Gasteiger partial charge >= 0.3 is 0 Å². The van der Waals surface area contributed by atoms with Gasteiger partial charge in [-0.05, 0) is 61.0 Å². The van der Waals surface area contributed by atoms with E-state index in [0.29, 0.717) is 17.3 Å². The number of carbonyl (C=O) groups excluding carboxylic acids is 1. The molecule has 1 aromatic heterocycles. The van der Waals surface area contributed by atoms with Crippen molar-refractivity contribution in [2.24, 2.45) is 0 Å². The van der Waals surface area contributed by atoms with Gasteiger partial charge in [0.05, 0.1) is 0 Å². The molecule has 6 heteroatoms. The van der Waals surface area contributed by atoms with Crippen molar-refractivity contribution in [3.8, 4) is 11.5 Å². The Hall–Kier alpha value is -3.80. The van der Waals surface area contributed by atoms with Gasteiger partial charge in [-0.1, -0.05) is 30.3 Å². The number of Topliss-reactive ketones (excluding diaryl/α,β-unsaturated/α-hetero) is 1. The Morgan fingerprint density at radius 1 is 0.931 bits per heavy atom. The fraction of sp³-hybridized carbons (Fsp3) is 0.0870. The molecule has 144 valence electrons. The van der Waals surface area contributed by atoms with Crippen LogP contribution in [0.25, 0.3) is 11.5 Å². The number of rotatable bonds is 6. The Labute approximate surface area is 167 Å². The third-order valence-electron chi connectivity index (χ3n) is 4.51. The average Bonchev–Trinajstić information content (AvgIpc) is 3.24. The first kappa shape index (κ1) is 18.6. The van der Waals surface area contributed by atoms with E-state index in [0.717, 1.165) is 16.8 Å². The summed E-state index contributed by atoms with van der Waals surface area (Å²) in [6, 6.07) is 22.2. The molecule has 4 aromatic rings. The lowest BCUT2D eigenvalue weighted by Crippen LogP contribution is -2.13. The summed E-state index contributed by atoms with van der Waals surface area (Å²) in [4.78, 5) is 11.5. The Morgan fingerprint density at radius 2 is 1.62 bits per heavy atom. The standard InChI is InChI=1S/C23H18FN3O2/c1-15(28)16-9-13-20(14-10-16)25-21(17-7-11-19(24)12-8-17)23-27-26-22(29-23)18-5-3-2-4-6-18/h2-14,21,25H,1H3. The molecule has 0 saturated carbocycles. The Kier molecular flexibility index (Phi) is 5.16. The van der Waals surface area contributed by atoms with Crippen molar-refractivity contribution in [1.82, 2.24) is 10.2 Å². The third kappa shape index (κ3) is 4.21. The van der Waals surface area contributed by atoms with Crippen molar-refractivity contribution in [3.63, 3.8) is 0 Å². The van der Waals surface area contributed by atoms with Gasteiger partial charge in [0.15, 0.2) is 5.78 Å². The van der Waals surface area contributed by atoms with Gasteiger partial charge in [0.2, 0.25) is 11.8 Å². The van der Waals surface area contributed by atoms with E-state index in [9.17, 15) is 9.18 Å². The molecule has 1 atom stereocenters. The molecule has 0 fully saturated rings. The molecule has 3 aromatic carbocycles. The average molecular weight is 387 g/mol. The highest BCUT2D eigenvalue weighted by Gasteiger charge is 2.22. The fourth-order valence-corrected chi connectivity index (χ4v) is 2.96. The van der Waals surface area contributed by atoms with Gasteiger partial charge in [0.25, 0.3) is 0 Å². The maximum Gasteiger partial charge on any atom is 0.247 e. The number of halogens is 1. The molecule has 0 bridgehead atoms. The largest absolute Gasteiger partial charge is 0.418 e. The van der Waals surface area contributed by atoms with E-state index in [1.54, 1.807) is 24.3 Å². The smallest absolute Gasteiger partial charge is 0.247 e. The minimum Gasteiger partial charge on any atom is -0.418 e. The monoisotopic (exact) mass is 387 g/mol. The molecule has 0 radical (unpaired) electrons. The van der Waals surface area contributed by atoms with E-state index in [2.05, 4.69) is 15.5 Å². The molecule has 0 aliphatic carbocycles. The quantitative estimate of drug-likeness (QED) is 0.456. The zero-order valence-corrected chi connectivity index (χ0v) is 15.7. The maximum atomic E-state index is 13.4. The Morgan fingerprint density at radius 3 is 2.28 bits per heavy atom. The zero-order chi connectivity index (χ0) is 20.2. The number of nitrogens with one attached hydrogen (secondary N) is 1. The number of hydrogen-bond donors (Lipinski definition) is 1. The van der Waals surface area contributed by atoms with Crippen molar-refractivity contribution < 1.29 is 13.6 Å². The topological polar surface area (TPSA) is 68.0 Å². The summed E-state index contributed by atoms with van der Waals surface area (Å²) < 4.78 is 19.3. The second-order valence-corrected chi connectivity index (χ2v) is 6.57. The van der Waals surface area contributed by atoms with Crippen LogP contribution in [0, 0.1) is 5.82 Å². The summed E-state index contributed by atoms with van der Waals surface area (Å²) in [6.07, 6.45) is 0. The number of anilines is 1. The van der Waals surface area contributed by atoms with E-state index < -0.39 is 6.04 Å².